The van der Waals surface area contributed by atoms with Crippen molar-refractivity contribution in [1.29, 1.82) is 5.26 Å². The first kappa shape index (κ1) is 15.6. The molecule has 0 unspecified atom stereocenters. The number of esters is 1. The fraction of sp³-hybridized carbons (Fsp3) is 0.385. The Labute approximate surface area is 118 Å². The van der Waals surface area contributed by atoms with Crippen LogP contribution >= 0.6 is 15.9 Å². The van der Waals surface area contributed by atoms with Gasteiger partial charge >= 0.3 is 5.97 Å². The Morgan fingerprint density at radius 3 is 2.68 bits per heavy atom. The van der Waals surface area contributed by atoms with Gasteiger partial charge in [-0.15, -0.1) is 0 Å². The minimum atomic E-state index is -2.68. The molecule has 3 nitrogen and oxygen atoms in total. The molecule has 0 amide bonds. The van der Waals surface area contributed by atoms with Crippen LogP contribution in [0.2, 0.25) is 0 Å². The average Bonchev–Trinajstić information content (AvgIpc) is 2.37. The van der Waals surface area contributed by atoms with Crippen LogP contribution in [0.1, 0.15) is 35.6 Å². The number of halogens is 3. The van der Waals surface area contributed by atoms with E-state index in [1.807, 2.05) is 6.07 Å². The highest BCUT2D eigenvalue weighted by molar-refractivity contribution is 9.08. The first-order valence-corrected chi connectivity index (χ1v) is 6.71. The van der Waals surface area contributed by atoms with Crippen LogP contribution in [-0.4, -0.2) is 12.6 Å². The van der Waals surface area contributed by atoms with E-state index in [0.29, 0.717) is 16.5 Å². The smallest absolute Gasteiger partial charge is 0.310 e. The standard InChI is InChI=1S/C13H12BrF2NO2/c1-2-19-12(18)5-8-3-9(13(15)16)4-10(7-17)11(8)6-14/h3-4,13H,2,5-6H2,1H3. The minimum Gasteiger partial charge on any atom is -0.466 e. The zero-order valence-electron chi connectivity index (χ0n) is 10.3. The van der Waals surface area contributed by atoms with Crippen LogP contribution in [0.15, 0.2) is 12.1 Å². The third-order valence-corrected chi connectivity index (χ3v) is 3.07. The third-order valence-electron chi connectivity index (χ3n) is 2.51. The largest absolute Gasteiger partial charge is 0.466 e. The van der Waals surface area contributed by atoms with E-state index in [1.165, 1.54) is 6.07 Å². The summed E-state index contributed by atoms with van der Waals surface area (Å²) >= 11 is 3.20. The number of hydrogen-bond acceptors (Lipinski definition) is 3. The van der Waals surface area contributed by atoms with Crippen molar-refractivity contribution in [1.82, 2.24) is 0 Å². The average molecular weight is 332 g/mol. The number of alkyl halides is 3. The number of hydrogen-bond donors (Lipinski definition) is 0. The highest BCUT2D eigenvalue weighted by atomic mass is 79.9. The molecule has 0 bridgehead atoms. The molecule has 1 rings (SSSR count). The molecule has 0 aromatic heterocycles. The molecule has 0 saturated carbocycles. The molecular weight excluding hydrogens is 320 g/mol. The lowest BCUT2D eigenvalue weighted by Gasteiger charge is -2.11. The molecule has 0 aliphatic carbocycles. The maximum absolute atomic E-state index is 12.7. The van der Waals surface area contributed by atoms with Crippen LogP contribution < -0.4 is 0 Å². The van der Waals surface area contributed by atoms with Gasteiger partial charge in [0.1, 0.15) is 0 Å². The molecule has 0 atom stereocenters. The monoisotopic (exact) mass is 331 g/mol. The molecule has 19 heavy (non-hydrogen) atoms. The summed E-state index contributed by atoms with van der Waals surface area (Å²) in [6.45, 7) is 1.89. The second kappa shape index (κ2) is 7.19. The molecular formula is C13H12BrF2NO2. The molecule has 0 saturated heterocycles. The van der Waals surface area contributed by atoms with E-state index in [2.05, 4.69) is 15.9 Å². The lowest BCUT2D eigenvalue weighted by atomic mass is 9.97. The molecule has 6 heteroatoms. The van der Waals surface area contributed by atoms with Crippen LogP contribution in [-0.2, 0) is 21.3 Å². The van der Waals surface area contributed by atoms with Crippen molar-refractivity contribution in [2.24, 2.45) is 0 Å². The Balaban J connectivity index is 3.23. The van der Waals surface area contributed by atoms with Crippen molar-refractivity contribution in [2.45, 2.75) is 25.1 Å². The van der Waals surface area contributed by atoms with Crippen molar-refractivity contribution in [3.8, 4) is 6.07 Å². The van der Waals surface area contributed by atoms with E-state index in [1.54, 1.807) is 6.92 Å². The normalized spacial score (nSPS) is 10.3. The number of nitrogens with zero attached hydrogens (tertiary/aromatic N) is 1. The Morgan fingerprint density at radius 1 is 1.53 bits per heavy atom. The highest BCUT2D eigenvalue weighted by Gasteiger charge is 2.17. The molecule has 102 valence electrons. The van der Waals surface area contributed by atoms with Crippen LogP contribution in [0.3, 0.4) is 0 Å². The van der Waals surface area contributed by atoms with Gasteiger partial charge in [0, 0.05) is 10.9 Å². The van der Waals surface area contributed by atoms with Crippen molar-refractivity contribution < 1.29 is 18.3 Å². The number of nitriles is 1. The van der Waals surface area contributed by atoms with E-state index in [9.17, 15) is 13.6 Å². The fourth-order valence-corrected chi connectivity index (χ4v) is 2.33. The number of rotatable bonds is 5. The van der Waals surface area contributed by atoms with Crippen LogP contribution in [0.25, 0.3) is 0 Å². The zero-order chi connectivity index (χ0) is 14.4. The fourth-order valence-electron chi connectivity index (χ4n) is 1.67. The van der Waals surface area contributed by atoms with Crippen molar-refractivity contribution >= 4 is 21.9 Å². The molecule has 0 spiro atoms. The van der Waals surface area contributed by atoms with E-state index in [-0.39, 0.29) is 24.2 Å². The van der Waals surface area contributed by atoms with Gasteiger partial charge in [-0.3, -0.25) is 4.79 Å². The second-order valence-electron chi connectivity index (χ2n) is 3.73. The summed E-state index contributed by atoms with van der Waals surface area (Å²) in [6.07, 6.45) is -2.80. The highest BCUT2D eigenvalue weighted by Crippen LogP contribution is 2.27. The Morgan fingerprint density at radius 2 is 2.21 bits per heavy atom. The van der Waals surface area contributed by atoms with E-state index < -0.39 is 12.4 Å². The summed E-state index contributed by atoms with van der Waals surface area (Å²) in [5.41, 5.74) is 0.819. The summed E-state index contributed by atoms with van der Waals surface area (Å²) in [5, 5.41) is 9.30. The summed E-state index contributed by atoms with van der Waals surface area (Å²) in [7, 11) is 0. The van der Waals surface area contributed by atoms with Crippen LogP contribution in [0.5, 0.6) is 0 Å². The van der Waals surface area contributed by atoms with Gasteiger partial charge in [-0.1, -0.05) is 15.9 Å². The van der Waals surface area contributed by atoms with Crippen LogP contribution in [0.4, 0.5) is 8.78 Å². The number of benzene rings is 1. The Bertz CT molecular complexity index is 512. The first-order valence-electron chi connectivity index (χ1n) is 5.59. The van der Waals surface area contributed by atoms with Gasteiger partial charge in [0.05, 0.1) is 24.7 Å². The zero-order valence-corrected chi connectivity index (χ0v) is 11.8. The van der Waals surface area contributed by atoms with Gasteiger partial charge < -0.3 is 4.74 Å². The van der Waals surface area contributed by atoms with Crippen molar-refractivity contribution in [3.63, 3.8) is 0 Å². The predicted octanol–water partition coefficient (Wildman–Crippen LogP) is 3.50. The molecule has 0 fully saturated rings. The van der Waals surface area contributed by atoms with Crippen molar-refractivity contribution in [2.75, 3.05) is 6.61 Å². The van der Waals surface area contributed by atoms with E-state index in [4.69, 9.17) is 10.00 Å². The summed E-state index contributed by atoms with van der Waals surface area (Å²) in [4.78, 5) is 11.5. The molecule has 0 N–H and O–H groups in total. The van der Waals surface area contributed by atoms with E-state index >= 15 is 0 Å². The maximum Gasteiger partial charge on any atom is 0.310 e. The first-order chi connectivity index (χ1) is 9.03. The topological polar surface area (TPSA) is 50.1 Å². The summed E-state index contributed by atoms with van der Waals surface area (Å²) < 4.78 is 30.3. The van der Waals surface area contributed by atoms with Gasteiger partial charge in [0.25, 0.3) is 6.43 Å². The van der Waals surface area contributed by atoms with Gasteiger partial charge in [-0.05, 0) is 30.2 Å². The van der Waals surface area contributed by atoms with Gasteiger partial charge in [0.15, 0.2) is 0 Å². The summed E-state index contributed by atoms with van der Waals surface area (Å²) in [5.74, 6) is -0.500. The molecule has 0 heterocycles. The van der Waals surface area contributed by atoms with Gasteiger partial charge in [-0.25, -0.2) is 8.78 Å². The second-order valence-corrected chi connectivity index (χ2v) is 4.29. The SMILES string of the molecule is CCOC(=O)Cc1cc(C(F)F)cc(C#N)c1CBr. The third kappa shape index (κ3) is 4.00. The number of carbonyl (C=O) groups is 1. The molecule has 1 aromatic carbocycles. The molecule has 1 aromatic rings. The maximum atomic E-state index is 12.7. The Kier molecular flexibility index (Phi) is 5.90. The summed E-state index contributed by atoms with van der Waals surface area (Å²) in [6, 6.07) is 4.27. The number of ether oxygens (including phenoxy) is 1. The molecule has 0 aliphatic heterocycles. The molecule has 0 aliphatic rings. The number of carbonyl (C=O) groups excluding carboxylic acids is 1. The minimum absolute atomic E-state index is 0.121. The van der Waals surface area contributed by atoms with E-state index in [0.717, 1.165) is 6.07 Å². The Hall–Kier alpha value is -1.48. The van der Waals surface area contributed by atoms with Gasteiger partial charge in [-0.2, -0.15) is 5.26 Å². The van der Waals surface area contributed by atoms with Crippen LogP contribution in [0, 0.1) is 11.3 Å². The lowest BCUT2D eigenvalue weighted by molar-refractivity contribution is -0.142. The van der Waals surface area contributed by atoms with Crippen molar-refractivity contribution in [3.05, 3.63) is 34.4 Å². The predicted molar refractivity (Wildman–Crippen MR) is 69.1 cm³/mol. The quantitative estimate of drug-likeness (QED) is 0.613. The molecule has 0 radical (unpaired) electrons. The van der Waals surface area contributed by atoms with Gasteiger partial charge in [0.2, 0.25) is 0 Å². The lowest BCUT2D eigenvalue weighted by Crippen LogP contribution is -2.10.